The van der Waals surface area contributed by atoms with E-state index in [0.29, 0.717) is 41.4 Å². The summed E-state index contributed by atoms with van der Waals surface area (Å²) in [6, 6.07) is 13.6. The molecule has 3 aliphatic rings. The summed E-state index contributed by atoms with van der Waals surface area (Å²) in [7, 11) is 1.68. The first kappa shape index (κ1) is 27.8. The fourth-order valence-electron chi connectivity index (χ4n) is 6.31. The standard InChI is InChI=1S/C30H34ClN9O3/c1-19(13-39-18-34-36-37-39)43-28-9-20(3-7-26(28)31)21-11-32-30(33-12-21)35-27-8-6-22(10-29(27)41-2)38-14-25(15-38)40-23-4-5-24(40)17-42-16-23/h3,6-12,18-19,23-25H,4-5,13-17H2,1-2H3,(H,32,33,35)/t19-,23?,24?/m0/s1. The van der Waals surface area contributed by atoms with Crippen LogP contribution in [0.25, 0.3) is 11.1 Å². The number of hydrogen-bond donors (Lipinski definition) is 1. The van der Waals surface area contributed by atoms with Crippen LogP contribution in [0.3, 0.4) is 0 Å². The zero-order chi connectivity index (χ0) is 29.3. The summed E-state index contributed by atoms with van der Waals surface area (Å²) >= 11 is 6.42. The molecule has 2 aromatic carbocycles. The van der Waals surface area contributed by atoms with E-state index in [2.05, 4.69) is 52.7 Å². The molecule has 2 aromatic heterocycles. The summed E-state index contributed by atoms with van der Waals surface area (Å²) in [4.78, 5) is 14.2. The molecule has 12 nitrogen and oxygen atoms in total. The maximum Gasteiger partial charge on any atom is 0.227 e. The molecule has 0 amide bonds. The molecule has 0 radical (unpaired) electrons. The van der Waals surface area contributed by atoms with Crippen molar-refractivity contribution in [1.82, 2.24) is 35.1 Å². The number of benzene rings is 2. The molecule has 3 aliphatic heterocycles. The van der Waals surface area contributed by atoms with Crippen molar-refractivity contribution in [3.05, 3.63) is 60.1 Å². The normalized spacial score (nSPS) is 21.0. The van der Waals surface area contributed by atoms with Gasteiger partial charge in [0, 0.05) is 60.9 Å². The Balaban J connectivity index is 0.987. The van der Waals surface area contributed by atoms with Crippen LogP contribution < -0.4 is 19.7 Å². The summed E-state index contributed by atoms with van der Waals surface area (Å²) in [5, 5.41) is 15.0. The Morgan fingerprint density at radius 1 is 1.00 bits per heavy atom. The lowest BCUT2D eigenvalue weighted by molar-refractivity contribution is -0.0416. The first-order valence-electron chi connectivity index (χ1n) is 14.6. The van der Waals surface area contributed by atoms with E-state index < -0.39 is 0 Å². The Kier molecular flexibility index (Phi) is 7.72. The minimum atomic E-state index is -0.192. The zero-order valence-corrected chi connectivity index (χ0v) is 24.9. The third-order valence-corrected chi connectivity index (χ3v) is 8.77. The number of halogens is 1. The first-order valence-corrected chi connectivity index (χ1v) is 15.0. The molecule has 5 heterocycles. The highest BCUT2D eigenvalue weighted by atomic mass is 35.5. The molecule has 2 bridgehead atoms. The monoisotopic (exact) mass is 603 g/mol. The van der Waals surface area contributed by atoms with E-state index in [1.807, 2.05) is 25.1 Å². The van der Waals surface area contributed by atoms with Gasteiger partial charge < -0.3 is 24.4 Å². The number of methoxy groups -OCH3 is 1. The third kappa shape index (κ3) is 5.82. The smallest absolute Gasteiger partial charge is 0.227 e. The van der Waals surface area contributed by atoms with Crippen LogP contribution in [0.2, 0.25) is 5.02 Å². The van der Waals surface area contributed by atoms with Crippen LogP contribution in [0, 0.1) is 0 Å². The number of fused-ring (bicyclic) bond motifs is 2. The summed E-state index contributed by atoms with van der Waals surface area (Å²) in [6.45, 7) is 6.25. The van der Waals surface area contributed by atoms with Crippen molar-refractivity contribution in [3.63, 3.8) is 0 Å². The minimum Gasteiger partial charge on any atom is -0.494 e. The minimum absolute atomic E-state index is 0.192. The predicted molar refractivity (Wildman–Crippen MR) is 162 cm³/mol. The van der Waals surface area contributed by atoms with Crippen molar-refractivity contribution in [3.8, 4) is 22.6 Å². The van der Waals surface area contributed by atoms with Gasteiger partial charge in [-0.25, -0.2) is 14.6 Å². The summed E-state index contributed by atoms with van der Waals surface area (Å²) < 4.78 is 19.2. The van der Waals surface area contributed by atoms with Crippen molar-refractivity contribution < 1.29 is 14.2 Å². The summed E-state index contributed by atoms with van der Waals surface area (Å²) in [6.07, 6.45) is 7.42. The SMILES string of the molecule is COc1cc(N2CC(N3C4CCC3COC4)C2)ccc1Nc1ncc(-c2ccc(Cl)c(O[C@@H](C)Cn3cnnn3)c2)cn1. The Morgan fingerprint density at radius 3 is 2.51 bits per heavy atom. The first-order chi connectivity index (χ1) is 21.0. The molecule has 224 valence electrons. The van der Waals surface area contributed by atoms with Crippen molar-refractivity contribution in [2.75, 3.05) is 43.6 Å². The van der Waals surface area contributed by atoms with Gasteiger partial charge in [-0.05, 0) is 60.0 Å². The second-order valence-corrected chi connectivity index (χ2v) is 11.7. The van der Waals surface area contributed by atoms with Crippen molar-refractivity contribution >= 4 is 28.9 Å². The number of morpholine rings is 1. The van der Waals surface area contributed by atoms with Crippen LogP contribution >= 0.6 is 11.6 Å². The molecular weight excluding hydrogens is 570 g/mol. The molecule has 4 aromatic rings. The van der Waals surface area contributed by atoms with Gasteiger partial charge in [-0.2, -0.15) is 0 Å². The van der Waals surface area contributed by atoms with Gasteiger partial charge in [0.05, 0.1) is 37.6 Å². The van der Waals surface area contributed by atoms with E-state index in [1.54, 1.807) is 36.6 Å². The molecule has 13 heteroatoms. The van der Waals surface area contributed by atoms with Crippen LogP contribution in [0.1, 0.15) is 19.8 Å². The highest BCUT2D eigenvalue weighted by Gasteiger charge is 2.45. The number of tetrazole rings is 1. The van der Waals surface area contributed by atoms with Gasteiger partial charge in [-0.1, -0.05) is 17.7 Å². The lowest BCUT2D eigenvalue weighted by Gasteiger charge is -2.50. The van der Waals surface area contributed by atoms with Crippen LogP contribution in [-0.4, -0.2) is 92.7 Å². The number of anilines is 3. The molecule has 1 N–H and O–H groups in total. The second-order valence-electron chi connectivity index (χ2n) is 11.3. The van der Waals surface area contributed by atoms with Crippen LogP contribution in [0.5, 0.6) is 11.5 Å². The lowest BCUT2D eigenvalue weighted by atomic mass is 10.0. The molecule has 0 spiro atoms. The number of rotatable bonds is 10. The summed E-state index contributed by atoms with van der Waals surface area (Å²) in [5.41, 5.74) is 3.69. The number of ether oxygens (including phenoxy) is 3. The van der Waals surface area contributed by atoms with E-state index in [1.165, 1.54) is 12.8 Å². The van der Waals surface area contributed by atoms with Crippen molar-refractivity contribution in [2.45, 2.75) is 50.5 Å². The summed E-state index contributed by atoms with van der Waals surface area (Å²) in [5.74, 6) is 1.79. The molecule has 3 atom stereocenters. The molecule has 2 unspecified atom stereocenters. The number of nitrogens with one attached hydrogen (secondary N) is 1. The third-order valence-electron chi connectivity index (χ3n) is 8.46. The predicted octanol–water partition coefficient (Wildman–Crippen LogP) is 4.06. The van der Waals surface area contributed by atoms with E-state index in [-0.39, 0.29) is 6.10 Å². The van der Waals surface area contributed by atoms with Crippen LogP contribution in [0.15, 0.2) is 55.1 Å². The lowest BCUT2D eigenvalue weighted by Crippen LogP contribution is -2.64. The molecule has 0 saturated carbocycles. The fraction of sp³-hybridized carbons (Fsp3) is 0.433. The average molecular weight is 604 g/mol. The average Bonchev–Trinajstić information content (AvgIpc) is 3.58. The maximum absolute atomic E-state index is 6.42. The number of hydrogen-bond acceptors (Lipinski definition) is 11. The maximum atomic E-state index is 6.42. The number of nitrogens with zero attached hydrogens (tertiary/aromatic N) is 8. The largest absolute Gasteiger partial charge is 0.494 e. The molecule has 43 heavy (non-hydrogen) atoms. The molecule has 7 rings (SSSR count). The van der Waals surface area contributed by atoms with E-state index in [0.717, 1.165) is 54.6 Å². The Bertz CT molecular complexity index is 1530. The van der Waals surface area contributed by atoms with Crippen molar-refractivity contribution in [2.24, 2.45) is 0 Å². The second kappa shape index (κ2) is 11.9. The van der Waals surface area contributed by atoms with Crippen molar-refractivity contribution in [1.29, 1.82) is 0 Å². The molecule has 0 aliphatic carbocycles. The Morgan fingerprint density at radius 2 is 1.79 bits per heavy atom. The van der Waals surface area contributed by atoms with Gasteiger partial charge in [-0.15, -0.1) is 5.10 Å². The highest BCUT2D eigenvalue weighted by Crippen LogP contribution is 2.38. The van der Waals surface area contributed by atoms with E-state index in [4.69, 9.17) is 25.8 Å². The van der Waals surface area contributed by atoms with Crippen LogP contribution in [0.4, 0.5) is 17.3 Å². The molecule has 3 saturated heterocycles. The highest BCUT2D eigenvalue weighted by molar-refractivity contribution is 6.32. The fourth-order valence-corrected chi connectivity index (χ4v) is 6.47. The Labute approximate surface area is 254 Å². The van der Waals surface area contributed by atoms with Gasteiger partial charge in [0.2, 0.25) is 5.95 Å². The Hall–Kier alpha value is -4.00. The zero-order valence-electron chi connectivity index (χ0n) is 24.1. The molecular formula is C30H34ClN9O3. The van der Waals surface area contributed by atoms with E-state index in [9.17, 15) is 0 Å². The molecule has 3 fully saturated rings. The van der Waals surface area contributed by atoms with Gasteiger partial charge in [-0.3, -0.25) is 4.90 Å². The van der Waals surface area contributed by atoms with Gasteiger partial charge >= 0.3 is 0 Å². The van der Waals surface area contributed by atoms with Gasteiger partial charge in [0.25, 0.3) is 0 Å². The van der Waals surface area contributed by atoms with Gasteiger partial charge in [0.15, 0.2) is 0 Å². The topological polar surface area (TPSA) is 116 Å². The van der Waals surface area contributed by atoms with Gasteiger partial charge in [0.1, 0.15) is 23.9 Å². The quantitative estimate of drug-likeness (QED) is 0.283. The number of aromatic nitrogens is 6. The van der Waals surface area contributed by atoms with Crippen LogP contribution in [-0.2, 0) is 11.3 Å². The van der Waals surface area contributed by atoms with E-state index >= 15 is 0 Å².